The highest BCUT2D eigenvalue weighted by atomic mass is 32.1. The van der Waals surface area contributed by atoms with Gasteiger partial charge in [-0.25, -0.2) is 4.98 Å². The number of ether oxygens (including phenoxy) is 1. The van der Waals surface area contributed by atoms with Crippen LogP contribution >= 0.6 is 11.3 Å². The number of rotatable bonds is 4. The molecule has 0 aliphatic carbocycles. The number of pyridine rings is 1. The van der Waals surface area contributed by atoms with Gasteiger partial charge >= 0.3 is 0 Å². The number of amides is 1. The van der Waals surface area contributed by atoms with Gasteiger partial charge < -0.3 is 14.7 Å². The highest BCUT2D eigenvalue weighted by Gasteiger charge is 2.28. The molecule has 2 atom stereocenters. The zero-order chi connectivity index (χ0) is 16.9. The van der Waals surface area contributed by atoms with Crippen molar-refractivity contribution in [3.05, 3.63) is 40.6 Å². The summed E-state index contributed by atoms with van der Waals surface area (Å²) in [6.07, 6.45) is 3.81. The molecular formula is C17H21N3O3S. The normalized spacial score (nSPS) is 21.3. The fourth-order valence-electron chi connectivity index (χ4n) is 2.80. The lowest BCUT2D eigenvalue weighted by molar-refractivity contribution is -0.130. The molecule has 3 heterocycles. The summed E-state index contributed by atoms with van der Waals surface area (Å²) in [5.41, 5.74) is 0.815. The fraction of sp³-hybridized carbons (Fsp3) is 0.471. The second-order valence-electron chi connectivity index (χ2n) is 5.91. The molecule has 1 aliphatic rings. The third kappa shape index (κ3) is 4.30. The first-order valence-corrected chi connectivity index (χ1v) is 8.93. The Morgan fingerprint density at radius 1 is 1.46 bits per heavy atom. The van der Waals surface area contributed by atoms with Gasteiger partial charge in [0.2, 0.25) is 5.91 Å². The molecule has 1 saturated heterocycles. The van der Waals surface area contributed by atoms with Crippen LogP contribution in [0.5, 0.6) is 5.75 Å². The molecule has 1 fully saturated rings. The van der Waals surface area contributed by atoms with Crippen LogP contribution in [0.3, 0.4) is 0 Å². The van der Waals surface area contributed by atoms with E-state index in [-0.39, 0.29) is 12.0 Å². The molecule has 1 aliphatic heterocycles. The topological polar surface area (TPSA) is 75.6 Å². The van der Waals surface area contributed by atoms with E-state index in [0.29, 0.717) is 38.1 Å². The van der Waals surface area contributed by atoms with Gasteiger partial charge in [-0.3, -0.25) is 9.78 Å². The van der Waals surface area contributed by atoms with Crippen molar-refractivity contribution in [1.29, 1.82) is 0 Å². The Balaban J connectivity index is 1.58. The molecule has 0 bridgehead atoms. The SMILES string of the molecule is Cc1nc(CC(=O)N2CC[C@H](Oc3cccnc3)[C@@H](O)CC2)cs1. The Hall–Kier alpha value is -1.99. The number of thiazole rings is 1. The maximum atomic E-state index is 12.5. The first kappa shape index (κ1) is 16.9. The van der Waals surface area contributed by atoms with E-state index in [0.717, 1.165) is 10.7 Å². The van der Waals surface area contributed by atoms with Crippen LogP contribution < -0.4 is 4.74 Å². The van der Waals surface area contributed by atoms with Gasteiger partial charge in [-0.2, -0.15) is 0 Å². The Morgan fingerprint density at radius 3 is 3.00 bits per heavy atom. The number of aromatic nitrogens is 2. The highest BCUT2D eigenvalue weighted by Crippen LogP contribution is 2.19. The lowest BCUT2D eigenvalue weighted by Crippen LogP contribution is -2.33. The molecular weight excluding hydrogens is 326 g/mol. The van der Waals surface area contributed by atoms with Gasteiger partial charge in [0.1, 0.15) is 11.9 Å². The summed E-state index contributed by atoms with van der Waals surface area (Å²) in [6.45, 7) is 3.04. The minimum absolute atomic E-state index is 0.0505. The molecule has 7 heteroatoms. The Bertz CT molecular complexity index is 677. The predicted molar refractivity (Wildman–Crippen MR) is 91.0 cm³/mol. The molecule has 1 amide bonds. The molecule has 0 unspecified atom stereocenters. The van der Waals surface area contributed by atoms with E-state index in [2.05, 4.69) is 9.97 Å². The van der Waals surface area contributed by atoms with Crippen LogP contribution in [0, 0.1) is 6.92 Å². The van der Waals surface area contributed by atoms with E-state index in [1.54, 1.807) is 34.7 Å². The lowest BCUT2D eigenvalue weighted by Gasteiger charge is -2.21. The maximum Gasteiger partial charge on any atom is 0.228 e. The molecule has 6 nitrogen and oxygen atoms in total. The summed E-state index contributed by atoms with van der Waals surface area (Å²) in [5, 5.41) is 13.2. The van der Waals surface area contributed by atoms with Crippen LogP contribution in [-0.4, -0.2) is 51.2 Å². The van der Waals surface area contributed by atoms with Crippen molar-refractivity contribution < 1.29 is 14.6 Å². The zero-order valence-corrected chi connectivity index (χ0v) is 14.4. The number of carbonyl (C=O) groups excluding carboxylic acids is 1. The number of hydrogen-bond acceptors (Lipinski definition) is 6. The van der Waals surface area contributed by atoms with Crippen molar-refractivity contribution in [3.63, 3.8) is 0 Å². The quantitative estimate of drug-likeness (QED) is 0.913. The van der Waals surface area contributed by atoms with E-state index in [4.69, 9.17) is 4.74 Å². The van der Waals surface area contributed by atoms with Gasteiger partial charge in [0.05, 0.1) is 29.4 Å². The molecule has 1 N–H and O–H groups in total. The first-order chi connectivity index (χ1) is 11.6. The first-order valence-electron chi connectivity index (χ1n) is 8.05. The van der Waals surface area contributed by atoms with Gasteiger partial charge in [0.15, 0.2) is 0 Å². The van der Waals surface area contributed by atoms with E-state index in [1.165, 1.54) is 0 Å². The zero-order valence-electron chi connectivity index (χ0n) is 13.6. The Labute approximate surface area is 145 Å². The summed E-state index contributed by atoms with van der Waals surface area (Å²) < 4.78 is 5.84. The van der Waals surface area contributed by atoms with Gasteiger partial charge in [-0.15, -0.1) is 11.3 Å². The molecule has 0 saturated carbocycles. The van der Waals surface area contributed by atoms with Crippen molar-refractivity contribution in [2.45, 2.75) is 38.4 Å². The second-order valence-corrected chi connectivity index (χ2v) is 6.97. The maximum absolute atomic E-state index is 12.5. The Morgan fingerprint density at radius 2 is 2.29 bits per heavy atom. The van der Waals surface area contributed by atoms with Crippen LogP contribution in [0.15, 0.2) is 29.9 Å². The molecule has 0 aromatic carbocycles. The van der Waals surface area contributed by atoms with Crippen molar-refractivity contribution >= 4 is 17.2 Å². The summed E-state index contributed by atoms with van der Waals surface area (Å²) in [7, 11) is 0. The van der Waals surface area contributed by atoms with Crippen LogP contribution in [0.1, 0.15) is 23.5 Å². The summed E-state index contributed by atoms with van der Waals surface area (Å²) in [4.78, 5) is 22.6. The van der Waals surface area contributed by atoms with Crippen molar-refractivity contribution in [3.8, 4) is 5.75 Å². The molecule has 128 valence electrons. The van der Waals surface area contributed by atoms with Crippen molar-refractivity contribution in [2.75, 3.05) is 13.1 Å². The molecule has 0 radical (unpaired) electrons. The van der Waals surface area contributed by atoms with Crippen molar-refractivity contribution in [1.82, 2.24) is 14.9 Å². The molecule has 24 heavy (non-hydrogen) atoms. The van der Waals surface area contributed by atoms with E-state index < -0.39 is 6.10 Å². The van der Waals surface area contributed by atoms with Gasteiger partial charge in [0, 0.05) is 31.1 Å². The number of nitrogens with zero attached hydrogens (tertiary/aromatic N) is 3. The van der Waals surface area contributed by atoms with Crippen LogP contribution in [-0.2, 0) is 11.2 Å². The van der Waals surface area contributed by atoms with E-state index >= 15 is 0 Å². The van der Waals surface area contributed by atoms with Crippen molar-refractivity contribution in [2.24, 2.45) is 0 Å². The standard InChI is InChI=1S/C17H21N3O3S/c1-12-19-13(11-24-12)9-17(22)20-7-4-15(21)16(5-8-20)23-14-3-2-6-18-10-14/h2-3,6,10-11,15-16,21H,4-5,7-9H2,1H3/t15-,16-/m0/s1. The monoisotopic (exact) mass is 347 g/mol. The minimum atomic E-state index is -0.593. The molecule has 2 aromatic rings. The Kier molecular flexibility index (Phi) is 5.42. The number of hydrogen-bond donors (Lipinski definition) is 1. The highest BCUT2D eigenvalue weighted by molar-refractivity contribution is 7.09. The van der Waals surface area contributed by atoms with E-state index in [9.17, 15) is 9.90 Å². The summed E-state index contributed by atoms with van der Waals surface area (Å²) >= 11 is 1.55. The third-order valence-electron chi connectivity index (χ3n) is 4.08. The molecule has 2 aromatic heterocycles. The molecule has 3 rings (SSSR count). The largest absolute Gasteiger partial charge is 0.486 e. The average molecular weight is 347 g/mol. The smallest absolute Gasteiger partial charge is 0.228 e. The average Bonchev–Trinajstić information content (AvgIpc) is 2.89. The van der Waals surface area contributed by atoms with Crippen LogP contribution in [0.2, 0.25) is 0 Å². The summed E-state index contributed by atoms with van der Waals surface area (Å²) in [5.74, 6) is 0.689. The number of carbonyl (C=O) groups is 1. The molecule has 0 spiro atoms. The summed E-state index contributed by atoms with van der Waals surface area (Å²) in [6, 6.07) is 3.61. The van der Waals surface area contributed by atoms with Gasteiger partial charge in [0.25, 0.3) is 0 Å². The fourth-order valence-corrected chi connectivity index (χ4v) is 3.41. The lowest BCUT2D eigenvalue weighted by atomic mass is 10.1. The minimum Gasteiger partial charge on any atom is -0.486 e. The van der Waals surface area contributed by atoms with Gasteiger partial charge in [-0.1, -0.05) is 0 Å². The number of aliphatic hydroxyl groups is 1. The number of aliphatic hydroxyl groups excluding tert-OH is 1. The third-order valence-corrected chi connectivity index (χ3v) is 4.90. The van der Waals surface area contributed by atoms with E-state index in [1.807, 2.05) is 18.4 Å². The number of aryl methyl sites for hydroxylation is 1. The second kappa shape index (κ2) is 7.72. The number of likely N-dealkylation sites (tertiary alicyclic amines) is 1. The van der Waals surface area contributed by atoms with Gasteiger partial charge in [-0.05, 0) is 25.5 Å². The van der Waals surface area contributed by atoms with Crippen LogP contribution in [0.25, 0.3) is 0 Å². The van der Waals surface area contributed by atoms with Crippen LogP contribution in [0.4, 0.5) is 0 Å². The predicted octanol–water partition coefficient (Wildman–Crippen LogP) is 1.82.